The predicted octanol–water partition coefficient (Wildman–Crippen LogP) is 2.67. The van der Waals surface area contributed by atoms with Gasteiger partial charge in [0.25, 0.3) is 0 Å². The summed E-state index contributed by atoms with van der Waals surface area (Å²) in [6.45, 7) is 4.18. The second kappa shape index (κ2) is 7.07. The maximum Gasteiger partial charge on any atom is 0.226 e. The summed E-state index contributed by atoms with van der Waals surface area (Å²) in [5, 5.41) is 2.80. The molecule has 0 saturated carbocycles. The van der Waals surface area contributed by atoms with E-state index in [9.17, 15) is 4.79 Å². The Balaban J connectivity index is 0.00000200. The van der Waals surface area contributed by atoms with Gasteiger partial charge in [0.15, 0.2) is 0 Å². The smallest absolute Gasteiger partial charge is 0.226 e. The fourth-order valence-electron chi connectivity index (χ4n) is 1.76. The Morgan fingerprint density at radius 3 is 2.75 bits per heavy atom. The molecule has 0 spiro atoms. The van der Waals surface area contributed by atoms with Gasteiger partial charge in [-0.1, -0.05) is 6.07 Å². The average molecular weight is 296 g/mol. The number of oxazole rings is 1. The van der Waals surface area contributed by atoms with E-state index in [0.29, 0.717) is 18.9 Å². The van der Waals surface area contributed by atoms with Crippen molar-refractivity contribution >= 4 is 24.0 Å². The Morgan fingerprint density at radius 2 is 2.15 bits per heavy atom. The number of amides is 1. The summed E-state index contributed by atoms with van der Waals surface area (Å²) in [5.74, 6) is 0.464. The van der Waals surface area contributed by atoms with Crippen LogP contribution in [0.1, 0.15) is 17.7 Å². The molecule has 0 saturated heterocycles. The highest BCUT2D eigenvalue weighted by molar-refractivity contribution is 5.91. The molecular formula is C14H18ClN3O2. The minimum Gasteiger partial charge on any atom is -0.444 e. The van der Waals surface area contributed by atoms with Crippen molar-refractivity contribution in [2.75, 3.05) is 11.9 Å². The second-order valence-electron chi connectivity index (χ2n) is 4.41. The molecule has 0 unspecified atom stereocenters. The Hall–Kier alpha value is -1.85. The molecule has 0 atom stereocenters. The number of halogens is 1. The number of hydrogen-bond donors (Lipinski definition) is 2. The van der Waals surface area contributed by atoms with Crippen LogP contribution >= 0.6 is 12.4 Å². The standard InChI is InChI=1S/C14H17N3O2.ClH/c1-9-3-4-11(17-13(18)5-6-15)7-12(9)14-16-10(2)8-19-14;/h3-4,7-8H,5-6,15H2,1-2H3,(H,17,18);1H. The van der Waals surface area contributed by atoms with Crippen molar-refractivity contribution in [3.05, 3.63) is 35.7 Å². The lowest BCUT2D eigenvalue weighted by molar-refractivity contribution is -0.116. The molecule has 0 fully saturated rings. The second-order valence-corrected chi connectivity index (χ2v) is 4.41. The van der Waals surface area contributed by atoms with E-state index in [1.807, 2.05) is 32.0 Å². The van der Waals surface area contributed by atoms with Crippen LogP contribution in [0.25, 0.3) is 11.5 Å². The highest BCUT2D eigenvalue weighted by atomic mass is 35.5. The molecule has 0 radical (unpaired) electrons. The van der Waals surface area contributed by atoms with Crippen LogP contribution in [0.3, 0.4) is 0 Å². The van der Waals surface area contributed by atoms with Gasteiger partial charge in [0, 0.05) is 24.2 Å². The number of anilines is 1. The quantitative estimate of drug-likeness (QED) is 0.908. The van der Waals surface area contributed by atoms with Gasteiger partial charge in [-0.05, 0) is 31.5 Å². The van der Waals surface area contributed by atoms with Gasteiger partial charge in [-0.3, -0.25) is 4.79 Å². The third kappa shape index (κ3) is 3.82. The Kier molecular flexibility index (Phi) is 5.73. The molecule has 5 nitrogen and oxygen atoms in total. The normalized spacial score (nSPS) is 9.95. The van der Waals surface area contributed by atoms with Crippen molar-refractivity contribution in [2.45, 2.75) is 20.3 Å². The van der Waals surface area contributed by atoms with Gasteiger partial charge in [-0.2, -0.15) is 0 Å². The Morgan fingerprint density at radius 1 is 1.40 bits per heavy atom. The number of nitrogens with two attached hydrogens (primary N) is 1. The van der Waals surface area contributed by atoms with Gasteiger partial charge in [0.2, 0.25) is 11.8 Å². The minimum atomic E-state index is -0.0964. The average Bonchev–Trinajstić information content (AvgIpc) is 2.78. The molecule has 0 aliphatic rings. The zero-order valence-electron chi connectivity index (χ0n) is 11.5. The molecule has 6 heteroatoms. The molecule has 0 aliphatic heterocycles. The van der Waals surface area contributed by atoms with Crippen LogP contribution in [-0.4, -0.2) is 17.4 Å². The number of hydrogen-bond acceptors (Lipinski definition) is 4. The SMILES string of the molecule is Cc1coc(-c2cc(NC(=O)CCN)ccc2C)n1.Cl. The maximum atomic E-state index is 11.5. The van der Waals surface area contributed by atoms with E-state index < -0.39 is 0 Å². The van der Waals surface area contributed by atoms with E-state index in [2.05, 4.69) is 10.3 Å². The summed E-state index contributed by atoms with van der Waals surface area (Å²) in [5.41, 5.74) is 8.80. The molecule has 1 amide bonds. The Labute approximate surface area is 124 Å². The van der Waals surface area contributed by atoms with E-state index >= 15 is 0 Å². The van der Waals surface area contributed by atoms with Crippen molar-refractivity contribution in [1.82, 2.24) is 4.98 Å². The van der Waals surface area contributed by atoms with Crippen LogP contribution in [0.4, 0.5) is 5.69 Å². The number of nitrogens with zero attached hydrogens (tertiary/aromatic N) is 1. The molecule has 0 bridgehead atoms. The number of nitrogens with one attached hydrogen (secondary N) is 1. The van der Waals surface area contributed by atoms with Crippen LogP contribution in [0, 0.1) is 13.8 Å². The largest absolute Gasteiger partial charge is 0.444 e. The first kappa shape index (κ1) is 16.2. The number of benzene rings is 1. The monoisotopic (exact) mass is 295 g/mol. The maximum absolute atomic E-state index is 11.5. The zero-order valence-corrected chi connectivity index (χ0v) is 12.3. The molecule has 3 N–H and O–H groups in total. The summed E-state index contributed by atoms with van der Waals surface area (Å²) >= 11 is 0. The van der Waals surface area contributed by atoms with Gasteiger partial charge in [0.05, 0.1) is 5.69 Å². The summed E-state index contributed by atoms with van der Waals surface area (Å²) in [6, 6.07) is 5.63. The first-order valence-electron chi connectivity index (χ1n) is 6.13. The summed E-state index contributed by atoms with van der Waals surface area (Å²) in [4.78, 5) is 15.8. The molecule has 0 aliphatic carbocycles. The lowest BCUT2D eigenvalue weighted by Gasteiger charge is -2.07. The van der Waals surface area contributed by atoms with Gasteiger partial charge in [-0.25, -0.2) is 4.98 Å². The van der Waals surface area contributed by atoms with Crippen LogP contribution in [-0.2, 0) is 4.79 Å². The van der Waals surface area contributed by atoms with Crippen molar-refractivity contribution in [1.29, 1.82) is 0 Å². The molecule has 20 heavy (non-hydrogen) atoms. The molecule has 2 rings (SSSR count). The fraction of sp³-hybridized carbons (Fsp3) is 0.286. The van der Waals surface area contributed by atoms with Crippen LogP contribution in [0.2, 0.25) is 0 Å². The number of aryl methyl sites for hydroxylation is 2. The van der Waals surface area contributed by atoms with E-state index in [-0.39, 0.29) is 18.3 Å². The molecule has 108 valence electrons. The molecule has 1 heterocycles. The third-order valence-corrected chi connectivity index (χ3v) is 2.74. The summed E-state index contributed by atoms with van der Waals surface area (Å²) in [6.07, 6.45) is 1.91. The summed E-state index contributed by atoms with van der Waals surface area (Å²) in [7, 11) is 0. The van der Waals surface area contributed by atoms with Crippen LogP contribution in [0.15, 0.2) is 28.9 Å². The lowest BCUT2D eigenvalue weighted by Crippen LogP contribution is -2.16. The number of aromatic nitrogens is 1. The van der Waals surface area contributed by atoms with E-state index in [1.165, 1.54) is 0 Å². The first-order chi connectivity index (χ1) is 9.10. The van der Waals surface area contributed by atoms with Crippen molar-refractivity contribution in [3.8, 4) is 11.5 Å². The highest BCUT2D eigenvalue weighted by Crippen LogP contribution is 2.26. The van der Waals surface area contributed by atoms with Crippen molar-refractivity contribution in [2.24, 2.45) is 5.73 Å². The third-order valence-electron chi connectivity index (χ3n) is 2.74. The molecular weight excluding hydrogens is 278 g/mol. The van der Waals surface area contributed by atoms with Gasteiger partial charge in [-0.15, -0.1) is 12.4 Å². The Bertz CT molecular complexity index is 596. The van der Waals surface area contributed by atoms with E-state index in [0.717, 1.165) is 22.5 Å². The van der Waals surface area contributed by atoms with Crippen LogP contribution < -0.4 is 11.1 Å². The topological polar surface area (TPSA) is 81.2 Å². The zero-order chi connectivity index (χ0) is 13.8. The fourth-order valence-corrected chi connectivity index (χ4v) is 1.76. The predicted molar refractivity (Wildman–Crippen MR) is 81.0 cm³/mol. The van der Waals surface area contributed by atoms with Gasteiger partial charge in [0.1, 0.15) is 6.26 Å². The van der Waals surface area contributed by atoms with Crippen molar-refractivity contribution < 1.29 is 9.21 Å². The van der Waals surface area contributed by atoms with E-state index in [1.54, 1.807) is 6.26 Å². The number of rotatable bonds is 4. The van der Waals surface area contributed by atoms with Crippen LogP contribution in [0.5, 0.6) is 0 Å². The van der Waals surface area contributed by atoms with Gasteiger partial charge < -0.3 is 15.5 Å². The lowest BCUT2D eigenvalue weighted by atomic mass is 10.1. The molecule has 1 aromatic heterocycles. The highest BCUT2D eigenvalue weighted by Gasteiger charge is 2.10. The molecule has 2 aromatic rings. The summed E-state index contributed by atoms with van der Waals surface area (Å²) < 4.78 is 5.39. The first-order valence-corrected chi connectivity index (χ1v) is 6.13. The molecule has 1 aromatic carbocycles. The van der Waals surface area contributed by atoms with E-state index in [4.69, 9.17) is 10.2 Å². The van der Waals surface area contributed by atoms with Crippen molar-refractivity contribution in [3.63, 3.8) is 0 Å². The van der Waals surface area contributed by atoms with Gasteiger partial charge >= 0.3 is 0 Å². The number of carbonyl (C=O) groups is 1. The number of carbonyl (C=O) groups excluding carboxylic acids is 1. The minimum absolute atomic E-state index is 0.